The standard InChI is InChI=1S/C14H14ClN3S/c1-2-11(13-4-3-7-19-13)18-12-6-5-9(15)8-10(12)17-14(18)16/h3-8,11H,2H2,1H3,(H2,16,17). The number of anilines is 1. The average Bonchev–Trinajstić information content (AvgIpc) is 2.99. The van der Waals surface area contributed by atoms with Crippen LogP contribution in [0, 0.1) is 0 Å². The second-order valence-electron chi connectivity index (χ2n) is 4.41. The van der Waals surface area contributed by atoms with Gasteiger partial charge in [0.05, 0.1) is 17.1 Å². The number of hydrogen-bond donors (Lipinski definition) is 1. The first-order valence-corrected chi connectivity index (χ1v) is 7.43. The van der Waals surface area contributed by atoms with E-state index in [1.165, 1.54) is 4.88 Å². The molecule has 0 aliphatic carbocycles. The van der Waals surface area contributed by atoms with Crippen molar-refractivity contribution in [2.24, 2.45) is 0 Å². The Hall–Kier alpha value is -1.52. The topological polar surface area (TPSA) is 43.8 Å². The molecule has 0 amide bonds. The van der Waals surface area contributed by atoms with Gasteiger partial charge in [-0.25, -0.2) is 4.98 Å². The van der Waals surface area contributed by atoms with Crippen molar-refractivity contribution < 1.29 is 0 Å². The van der Waals surface area contributed by atoms with Gasteiger partial charge in [0.2, 0.25) is 5.95 Å². The summed E-state index contributed by atoms with van der Waals surface area (Å²) in [6, 6.07) is 10.1. The first-order valence-electron chi connectivity index (χ1n) is 6.17. The van der Waals surface area contributed by atoms with E-state index in [0.717, 1.165) is 17.5 Å². The van der Waals surface area contributed by atoms with E-state index in [4.69, 9.17) is 17.3 Å². The summed E-state index contributed by atoms with van der Waals surface area (Å²) in [5, 5.41) is 2.77. The molecular formula is C14H14ClN3S. The SMILES string of the molecule is CCC(c1cccs1)n1c(N)nc2cc(Cl)ccc21. The van der Waals surface area contributed by atoms with Gasteiger partial charge in [-0.1, -0.05) is 24.6 Å². The van der Waals surface area contributed by atoms with Crippen LogP contribution in [0.1, 0.15) is 24.3 Å². The Labute approximate surface area is 120 Å². The zero-order chi connectivity index (χ0) is 13.4. The molecule has 0 bridgehead atoms. The van der Waals surface area contributed by atoms with Crippen LogP contribution >= 0.6 is 22.9 Å². The Balaban J connectivity index is 2.21. The van der Waals surface area contributed by atoms with Crippen LogP contribution in [0.3, 0.4) is 0 Å². The van der Waals surface area contributed by atoms with Crippen molar-refractivity contribution in [2.45, 2.75) is 19.4 Å². The average molecular weight is 292 g/mol. The third kappa shape index (κ3) is 2.11. The number of nitrogens with zero attached hydrogens (tertiary/aromatic N) is 2. The second kappa shape index (κ2) is 4.87. The summed E-state index contributed by atoms with van der Waals surface area (Å²) in [6.45, 7) is 2.16. The van der Waals surface area contributed by atoms with E-state index in [0.29, 0.717) is 11.0 Å². The maximum Gasteiger partial charge on any atom is 0.201 e. The molecule has 0 aliphatic heterocycles. The first-order chi connectivity index (χ1) is 9.20. The van der Waals surface area contributed by atoms with Gasteiger partial charge in [0.25, 0.3) is 0 Å². The minimum atomic E-state index is 0.228. The summed E-state index contributed by atoms with van der Waals surface area (Å²) >= 11 is 7.75. The monoisotopic (exact) mass is 291 g/mol. The Bertz CT molecular complexity index is 703. The molecule has 2 aromatic heterocycles. The normalized spacial score (nSPS) is 12.9. The largest absolute Gasteiger partial charge is 0.369 e. The van der Waals surface area contributed by atoms with Crippen LogP contribution in [0.25, 0.3) is 11.0 Å². The van der Waals surface area contributed by atoms with Gasteiger partial charge in [0.1, 0.15) is 0 Å². The number of thiophene rings is 1. The van der Waals surface area contributed by atoms with Gasteiger partial charge in [-0.2, -0.15) is 0 Å². The zero-order valence-corrected chi connectivity index (χ0v) is 12.1. The van der Waals surface area contributed by atoms with Gasteiger partial charge in [-0.15, -0.1) is 11.3 Å². The van der Waals surface area contributed by atoms with Crippen molar-refractivity contribution in [3.05, 3.63) is 45.6 Å². The van der Waals surface area contributed by atoms with Crippen LogP contribution in [0.15, 0.2) is 35.7 Å². The minimum absolute atomic E-state index is 0.228. The molecule has 19 heavy (non-hydrogen) atoms. The summed E-state index contributed by atoms with van der Waals surface area (Å²) in [5.74, 6) is 0.539. The van der Waals surface area contributed by atoms with E-state index in [1.54, 1.807) is 11.3 Å². The molecule has 0 aliphatic rings. The highest BCUT2D eigenvalue weighted by atomic mass is 35.5. The summed E-state index contributed by atoms with van der Waals surface area (Å²) < 4.78 is 2.09. The molecule has 3 aromatic rings. The molecule has 98 valence electrons. The lowest BCUT2D eigenvalue weighted by atomic mass is 10.1. The lowest BCUT2D eigenvalue weighted by Crippen LogP contribution is -2.11. The number of imidazole rings is 1. The molecule has 1 unspecified atom stereocenters. The van der Waals surface area contributed by atoms with Gasteiger partial charge in [0.15, 0.2) is 0 Å². The van der Waals surface area contributed by atoms with Gasteiger partial charge in [0, 0.05) is 9.90 Å². The molecule has 1 atom stereocenters. The van der Waals surface area contributed by atoms with Crippen LogP contribution in [0.2, 0.25) is 5.02 Å². The maximum atomic E-state index is 6.10. The van der Waals surface area contributed by atoms with Crippen molar-refractivity contribution in [3.8, 4) is 0 Å². The van der Waals surface area contributed by atoms with Gasteiger partial charge >= 0.3 is 0 Å². The minimum Gasteiger partial charge on any atom is -0.369 e. The first kappa shape index (κ1) is 12.5. The molecule has 2 N–H and O–H groups in total. The Morgan fingerprint density at radius 1 is 1.42 bits per heavy atom. The van der Waals surface area contributed by atoms with Crippen LogP contribution in [0.4, 0.5) is 5.95 Å². The van der Waals surface area contributed by atoms with Crippen molar-refractivity contribution in [3.63, 3.8) is 0 Å². The number of nitrogen functional groups attached to an aromatic ring is 1. The highest BCUT2D eigenvalue weighted by molar-refractivity contribution is 7.10. The highest BCUT2D eigenvalue weighted by Crippen LogP contribution is 2.32. The molecular weight excluding hydrogens is 278 g/mol. The molecule has 5 heteroatoms. The fourth-order valence-corrected chi connectivity index (χ4v) is 3.48. The number of nitrogens with two attached hydrogens (primary N) is 1. The molecule has 0 spiro atoms. The molecule has 0 saturated carbocycles. The van der Waals surface area contributed by atoms with Crippen molar-refractivity contribution >= 4 is 39.9 Å². The number of halogens is 1. The third-order valence-electron chi connectivity index (χ3n) is 3.25. The predicted octanol–water partition coefficient (Wildman–Crippen LogP) is 4.33. The quantitative estimate of drug-likeness (QED) is 0.780. The van der Waals surface area contributed by atoms with Crippen molar-refractivity contribution in [2.75, 3.05) is 5.73 Å². The number of benzene rings is 1. The molecule has 0 fully saturated rings. The summed E-state index contributed by atoms with van der Waals surface area (Å²) in [7, 11) is 0. The number of hydrogen-bond acceptors (Lipinski definition) is 3. The van der Waals surface area contributed by atoms with E-state index in [9.17, 15) is 0 Å². The molecule has 3 nitrogen and oxygen atoms in total. The fourth-order valence-electron chi connectivity index (χ4n) is 2.41. The van der Waals surface area contributed by atoms with Crippen LogP contribution in [0.5, 0.6) is 0 Å². The predicted molar refractivity (Wildman–Crippen MR) is 81.9 cm³/mol. The number of fused-ring (bicyclic) bond motifs is 1. The molecule has 0 radical (unpaired) electrons. The number of aromatic nitrogens is 2. The van der Waals surface area contributed by atoms with Crippen molar-refractivity contribution in [1.29, 1.82) is 0 Å². The Morgan fingerprint density at radius 2 is 2.26 bits per heavy atom. The number of rotatable bonds is 3. The van der Waals surface area contributed by atoms with Gasteiger partial charge < -0.3 is 10.3 Å². The van der Waals surface area contributed by atoms with E-state index in [-0.39, 0.29) is 6.04 Å². The van der Waals surface area contributed by atoms with E-state index < -0.39 is 0 Å². The Morgan fingerprint density at radius 3 is 2.95 bits per heavy atom. The lowest BCUT2D eigenvalue weighted by molar-refractivity contribution is 0.599. The van der Waals surface area contributed by atoms with Crippen LogP contribution in [-0.4, -0.2) is 9.55 Å². The highest BCUT2D eigenvalue weighted by Gasteiger charge is 2.18. The fraction of sp³-hybridized carbons (Fsp3) is 0.214. The van der Waals surface area contributed by atoms with E-state index in [2.05, 4.69) is 34.0 Å². The van der Waals surface area contributed by atoms with Gasteiger partial charge in [-0.05, 0) is 36.1 Å². The zero-order valence-electron chi connectivity index (χ0n) is 10.5. The van der Waals surface area contributed by atoms with Crippen LogP contribution < -0.4 is 5.73 Å². The molecule has 2 heterocycles. The smallest absolute Gasteiger partial charge is 0.201 e. The molecule has 1 aromatic carbocycles. The lowest BCUT2D eigenvalue weighted by Gasteiger charge is -2.17. The Kier molecular flexibility index (Phi) is 3.21. The summed E-state index contributed by atoms with van der Waals surface area (Å²) in [4.78, 5) is 5.71. The summed E-state index contributed by atoms with van der Waals surface area (Å²) in [5.41, 5.74) is 7.98. The maximum absolute atomic E-state index is 6.10. The molecule has 0 saturated heterocycles. The van der Waals surface area contributed by atoms with Gasteiger partial charge in [-0.3, -0.25) is 0 Å². The van der Waals surface area contributed by atoms with E-state index in [1.807, 2.05) is 18.2 Å². The molecule has 3 rings (SSSR count). The second-order valence-corrected chi connectivity index (χ2v) is 5.83. The summed E-state index contributed by atoms with van der Waals surface area (Å²) in [6.07, 6.45) is 0.971. The third-order valence-corrected chi connectivity index (χ3v) is 4.46. The van der Waals surface area contributed by atoms with Crippen LogP contribution in [-0.2, 0) is 0 Å². The van der Waals surface area contributed by atoms with Crippen molar-refractivity contribution in [1.82, 2.24) is 9.55 Å². The van der Waals surface area contributed by atoms with E-state index >= 15 is 0 Å².